The molecule has 2 unspecified atom stereocenters. The van der Waals surface area contributed by atoms with E-state index in [0.29, 0.717) is 17.2 Å². The molecule has 0 radical (unpaired) electrons. The molecule has 1 amide bonds. The number of amides is 1. The van der Waals surface area contributed by atoms with Crippen LogP contribution in [-0.4, -0.2) is 17.7 Å². The molecule has 4 nitrogen and oxygen atoms in total. The molecule has 0 heterocycles. The summed E-state index contributed by atoms with van der Waals surface area (Å²) in [5, 5.41) is 2.89. The van der Waals surface area contributed by atoms with Gasteiger partial charge >= 0.3 is 6.09 Å². The first-order valence-electron chi connectivity index (χ1n) is 8.77. The van der Waals surface area contributed by atoms with Crippen molar-refractivity contribution in [3.63, 3.8) is 0 Å². The lowest BCUT2D eigenvalue weighted by molar-refractivity contribution is 0.0523. The third-order valence-corrected chi connectivity index (χ3v) is 4.15. The second-order valence-electron chi connectivity index (χ2n) is 7.54. The van der Waals surface area contributed by atoms with Crippen molar-refractivity contribution in [3.05, 3.63) is 65.5 Å². The predicted molar refractivity (Wildman–Crippen MR) is 97.7 cm³/mol. The van der Waals surface area contributed by atoms with Gasteiger partial charge in [0, 0.05) is 17.5 Å². The van der Waals surface area contributed by atoms with E-state index < -0.39 is 5.60 Å². The van der Waals surface area contributed by atoms with Crippen LogP contribution in [-0.2, 0) is 11.3 Å². The molecular formula is C21H24FNO3. The molecule has 1 fully saturated rings. The topological polar surface area (TPSA) is 47.6 Å². The minimum absolute atomic E-state index is 0.107. The van der Waals surface area contributed by atoms with Crippen LogP contribution in [0, 0.1) is 5.82 Å². The van der Waals surface area contributed by atoms with E-state index in [2.05, 4.69) is 5.32 Å². The Morgan fingerprint density at radius 2 is 1.85 bits per heavy atom. The van der Waals surface area contributed by atoms with Gasteiger partial charge in [0.25, 0.3) is 0 Å². The van der Waals surface area contributed by atoms with E-state index in [1.807, 2.05) is 45.0 Å². The van der Waals surface area contributed by atoms with Crippen LogP contribution in [0.1, 0.15) is 44.2 Å². The molecule has 0 spiro atoms. The van der Waals surface area contributed by atoms with Gasteiger partial charge in [0.1, 0.15) is 23.8 Å². The van der Waals surface area contributed by atoms with Gasteiger partial charge in [-0.05, 0) is 51.0 Å². The average Bonchev–Trinajstić information content (AvgIpc) is 3.32. The fraction of sp³-hybridized carbons (Fsp3) is 0.381. The molecule has 1 saturated carbocycles. The van der Waals surface area contributed by atoms with Crippen LogP contribution in [0.3, 0.4) is 0 Å². The molecular weight excluding hydrogens is 333 g/mol. The van der Waals surface area contributed by atoms with Crippen molar-refractivity contribution in [2.75, 3.05) is 0 Å². The Bertz CT molecular complexity index is 768. The molecule has 1 aliphatic rings. The summed E-state index contributed by atoms with van der Waals surface area (Å²) in [7, 11) is 0. The van der Waals surface area contributed by atoms with E-state index in [4.69, 9.17) is 9.47 Å². The number of halogens is 1. The van der Waals surface area contributed by atoms with Crippen molar-refractivity contribution < 1.29 is 18.7 Å². The second kappa shape index (κ2) is 7.36. The first kappa shape index (κ1) is 18.2. The van der Waals surface area contributed by atoms with Gasteiger partial charge in [0.05, 0.1) is 0 Å². The largest absolute Gasteiger partial charge is 0.489 e. The Labute approximate surface area is 153 Å². The van der Waals surface area contributed by atoms with E-state index in [-0.39, 0.29) is 24.6 Å². The van der Waals surface area contributed by atoms with Gasteiger partial charge in [-0.25, -0.2) is 9.18 Å². The van der Waals surface area contributed by atoms with E-state index >= 15 is 0 Å². The van der Waals surface area contributed by atoms with Crippen LogP contribution >= 0.6 is 0 Å². The predicted octanol–water partition coefficient (Wildman–Crippen LogP) is 4.79. The lowest BCUT2D eigenvalue weighted by Crippen LogP contribution is -2.34. The summed E-state index contributed by atoms with van der Waals surface area (Å²) in [5.41, 5.74) is 1.18. The number of hydrogen-bond donors (Lipinski definition) is 1. The van der Waals surface area contributed by atoms with Crippen LogP contribution in [0.15, 0.2) is 48.5 Å². The standard InChI is InChI=1S/C21H24FNO3/c1-21(2,3)26-20(24)23-19-12-17(19)14-8-10-16(11-9-14)25-13-15-6-4-5-7-18(15)22/h4-11,17,19H,12-13H2,1-3H3,(H,23,24). The third-order valence-electron chi connectivity index (χ3n) is 4.15. The molecule has 2 aromatic carbocycles. The van der Waals surface area contributed by atoms with Gasteiger partial charge in [-0.15, -0.1) is 0 Å². The maximum atomic E-state index is 13.6. The third kappa shape index (κ3) is 4.97. The van der Waals surface area contributed by atoms with Gasteiger partial charge in [0.2, 0.25) is 0 Å². The van der Waals surface area contributed by atoms with Gasteiger partial charge in [-0.1, -0.05) is 30.3 Å². The fourth-order valence-electron chi connectivity index (χ4n) is 2.77. The molecule has 138 valence electrons. The maximum Gasteiger partial charge on any atom is 0.407 e. The summed E-state index contributed by atoms with van der Waals surface area (Å²) in [6, 6.07) is 14.4. The maximum absolute atomic E-state index is 13.6. The number of rotatable bonds is 5. The zero-order valence-electron chi connectivity index (χ0n) is 15.3. The Hall–Kier alpha value is -2.56. The molecule has 0 saturated heterocycles. The SMILES string of the molecule is CC(C)(C)OC(=O)NC1CC1c1ccc(OCc2ccccc2F)cc1. The van der Waals surface area contributed by atoms with Gasteiger partial charge in [0.15, 0.2) is 0 Å². The summed E-state index contributed by atoms with van der Waals surface area (Å²) in [5.74, 6) is 0.718. The van der Waals surface area contributed by atoms with E-state index in [1.54, 1.807) is 18.2 Å². The summed E-state index contributed by atoms with van der Waals surface area (Å²) in [4.78, 5) is 11.8. The molecule has 1 aliphatic carbocycles. The van der Waals surface area contributed by atoms with Crippen LogP contribution < -0.4 is 10.1 Å². The number of carbonyl (C=O) groups excluding carboxylic acids is 1. The number of benzene rings is 2. The molecule has 3 rings (SSSR count). The average molecular weight is 357 g/mol. The number of alkyl carbamates (subject to hydrolysis) is 1. The molecule has 26 heavy (non-hydrogen) atoms. The Morgan fingerprint density at radius 1 is 1.15 bits per heavy atom. The van der Waals surface area contributed by atoms with Crippen LogP contribution in [0.25, 0.3) is 0 Å². The highest BCUT2D eigenvalue weighted by Crippen LogP contribution is 2.41. The van der Waals surface area contributed by atoms with Crippen LogP contribution in [0.4, 0.5) is 9.18 Å². The van der Waals surface area contributed by atoms with Gasteiger partial charge < -0.3 is 14.8 Å². The number of hydrogen-bond acceptors (Lipinski definition) is 3. The zero-order valence-corrected chi connectivity index (χ0v) is 15.3. The summed E-state index contributed by atoms with van der Waals surface area (Å²) >= 11 is 0. The Balaban J connectivity index is 1.50. The lowest BCUT2D eigenvalue weighted by Gasteiger charge is -2.19. The van der Waals surface area contributed by atoms with E-state index in [9.17, 15) is 9.18 Å². The normalized spacial score (nSPS) is 18.9. The molecule has 0 bridgehead atoms. The number of carbonyl (C=O) groups is 1. The van der Waals surface area contributed by atoms with Crippen molar-refractivity contribution in [2.24, 2.45) is 0 Å². The summed E-state index contributed by atoms with van der Waals surface area (Å²) < 4.78 is 24.5. The highest BCUT2D eigenvalue weighted by Gasteiger charge is 2.40. The van der Waals surface area contributed by atoms with Crippen molar-refractivity contribution in [2.45, 2.75) is 51.4 Å². The van der Waals surface area contributed by atoms with Crippen molar-refractivity contribution in [1.82, 2.24) is 5.32 Å². The quantitative estimate of drug-likeness (QED) is 0.837. The fourth-order valence-corrected chi connectivity index (χ4v) is 2.77. The van der Waals surface area contributed by atoms with Gasteiger partial charge in [-0.3, -0.25) is 0 Å². The highest BCUT2D eigenvalue weighted by molar-refractivity contribution is 5.69. The minimum atomic E-state index is -0.494. The Kier molecular flexibility index (Phi) is 5.16. The molecule has 0 aliphatic heterocycles. The lowest BCUT2D eigenvalue weighted by atomic mass is 10.1. The van der Waals surface area contributed by atoms with Crippen molar-refractivity contribution in [3.8, 4) is 5.75 Å². The monoisotopic (exact) mass is 357 g/mol. The Morgan fingerprint density at radius 3 is 2.50 bits per heavy atom. The van der Waals surface area contributed by atoms with Crippen LogP contribution in [0.5, 0.6) is 5.75 Å². The molecule has 2 aromatic rings. The highest BCUT2D eigenvalue weighted by atomic mass is 19.1. The number of ether oxygens (including phenoxy) is 2. The van der Waals surface area contributed by atoms with Crippen molar-refractivity contribution in [1.29, 1.82) is 0 Å². The van der Waals surface area contributed by atoms with E-state index in [1.165, 1.54) is 6.07 Å². The minimum Gasteiger partial charge on any atom is -0.489 e. The zero-order chi connectivity index (χ0) is 18.7. The molecule has 2 atom stereocenters. The molecule has 0 aromatic heterocycles. The summed E-state index contributed by atoms with van der Waals surface area (Å²) in [6.07, 6.45) is 0.518. The van der Waals surface area contributed by atoms with Crippen LogP contribution in [0.2, 0.25) is 0 Å². The molecule has 1 N–H and O–H groups in total. The number of nitrogens with one attached hydrogen (secondary N) is 1. The summed E-state index contributed by atoms with van der Waals surface area (Å²) in [6.45, 7) is 5.73. The van der Waals surface area contributed by atoms with E-state index in [0.717, 1.165) is 12.0 Å². The smallest absolute Gasteiger partial charge is 0.407 e. The second-order valence-corrected chi connectivity index (χ2v) is 7.54. The first-order chi connectivity index (χ1) is 12.3. The first-order valence-corrected chi connectivity index (χ1v) is 8.77. The van der Waals surface area contributed by atoms with Crippen molar-refractivity contribution >= 4 is 6.09 Å². The molecule has 5 heteroatoms. The van der Waals surface area contributed by atoms with Gasteiger partial charge in [-0.2, -0.15) is 0 Å².